The normalized spacial score (nSPS) is 11.2. The Kier molecular flexibility index (Phi) is 6.68. The Morgan fingerprint density at radius 1 is 1.37 bits per heavy atom. The van der Waals surface area contributed by atoms with E-state index in [2.05, 4.69) is 16.1 Å². The van der Waals surface area contributed by atoms with Crippen LogP contribution in [0, 0.1) is 0 Å². The number of carbonyl (C=O) groups is 1. The third-order valence-corrected chi connectivity index (χ3v) is 2.78. The second-order valence-electron chi connectivity index (χ2n) is 4.18. The van der Waals surface area contributed by atoms with Crippen LogP contribution in [-0.2, 0) is 16.0 Å². The fraction of sp³-hybridized carbons (Fsp3) is 0.400. The number of benzene rings is 1. The topological polar surface area (TPSA) is 47.6 Å². The predicted octanol–water partition coefficient (Wildman–Crippen LogP) is 1.95. The van der Waals surface area contributed by atoms with Gasteiger partial charge in [0.25, 0.3) is 0 Å². The number of ether oxygens (including phenoxy) is 2. The van der Waals surface area contributed by atoms with Crippen LogP contribution < -0.4 is 10.1 Å². The minimum Gasteiger partial charge on any atom is -0.497 e. The van der Waals surface area contributed by atoms with Gasteiger partial charge in [0.1, 0.15) is 5.75 Å². The lowest BCUT2D eigenvalue weighted by molar-refractivity contribution is -0.136. The van der Waals surface area contributed by atoms with Crippen molar-refractivity contribution in [3.05, 3.63) is 41.5 Å². The smallest absolute Gasteiger partial charge is 0.333 e. The fourth-order valence-electron chi connectivity index (χ4n) is 1.63. The second-order valence-corrected chi connectivity index (χ2v) is 4.18. The fourth-order valence-corrected chi connectivity index (χ4v) is 1.63. The first-order valence-electron chi connectivity index (χ1n) is 6.26. The minimum absolute atomic E-state index is 0.283. The van der Waals surface area contributed by atoms with Crippen molar-refractivity contribution < 1.29 is 14.3 Å². The van der Waals surface area contributed by atoms with Crippen LogP contribution in [0.5, 0.6) is 5.75 Å². The monoisotopic (exact) mass is 263 g/mol. The van der Waals surface area contributed by atoms with Crippen molar-refractivity contribution in [3.8, 4) is 5.75 Å². The highest BCUT2D eigenvalue weighted by Crippen LogP contribution is 2.12. The van der Waals surface area contributed by atoms with E-state index in [1.807, 2.05) is 24.3 Å². The van der Waals surface area contributed by atoms with E-state index in [0.717, 1.165) is 18.7 Å². The van der Waals surface area contributed by atoms with Crippen LogP contribution in [0.2, 0.25) is 0 Å². The molecule has 4 heteroatoms. The van der Waals surface area contributed by atoms with E-state index in [1.165, 1.54) is 12.7 Å². The predicted molar refractivity (Wildman–Crippen MR) is 75.3 cm³/mol. The summed E-state index contributed by atoms with van der Waals surface area (Å²) in [4.78, 5) is 11.1. The van der Waals surface area contributed by atoms with Crippen LogP contribution in [0.3, 0.4) is 0 Å². The molecule has 0 unspecified atom stereocenters. The molecule has 0 aliphatic heterocycles. The number of nitrogens with one attached hydrogen (secondary N) is 1. The van der Waals surface area contributed by atoms with Crippen LogP contribution in [0.15, 0.2) is 35.9 Å². The van der Waals surface area contributed by atoms with E-state index in [0.29, 0.717) is 12.1 Å². The maximum absolute atomic E-state index is 11.1. The molecule has 0 bridgehead atoms. The third-order valence-electron chi connectivity index (χ3n) is 2.78. The van der Waals surface area contributed by atoms with Crippen LogP contribution in [-0.4, -0.2) is 33.3 Å². The molecule has 0 amide bonds. The molecule has 0 spiro atoms. The quantitative estimate of drug-likeness (QED) is 0.464. The SMILES string of the molecule is COC(=O)/C(C)=C/CNCCc1cccc(OC)c1. The number of hydrogen-bond acceptors (Lipinski definition) is 4. The van der Waals surface area contributed by atoms with E-state index in [1.54, 1.807) is 14.0 Å². The van der Waals surface area contributed by atoms with Crippen LogP contribution in [0.1, 0.15) is 12.5 Å². The molecule has 0 fully saturated rings. The lowest BCUT2D eigenvalue weighted by Gasteiger charge is -2.05. The number of methoxy groups -OCH3 is 2. The summed E-state index contributed by atoms with van der Waals surface area (Å²) >= 11 is 0. The Hall–Kier alpha value is -1.81. The van der Waals surface area contributed by atoms with Crippen molar-refractivity contribution in [3.63, 3.8) is 0 Å². The molecule has 0 radical (unpaired) electrons. The van der Waals surface area contributed by atoms with Gasteiger partial charge in [-0.05, 0) is 37.6 Å². The van der Waals surface area contributed by atoms with E-state index >= 15 is 0 Å². The van der Waals surface area contributed by atoms with Gasteiger partial charge < -0.3 is 14.8 Å². The van der Waals surface area contributed by atoms with Gasteiger partial charge in [0.05, 0.1) is 14.2 Å². The average molecular weight is 263 g/mol. The summed E-state index contributed by atoms with van der Waals surface area (Å²) < 4.78 is 9.79. The second kappa shape index (κ2) is 8.32. The van der Waals surface area contributed by atoms with Crippen LogP contribution >= 0.6 is 0 Å². The van der Waals surface area contributed by atoms with Gasteiger partial charge in [-0.3, -0.25) is 0 Å². The van der Waals surface area contributed by atoms with Crippen LogP contribution in [0.25, 0.3) is 0 Å². The Balaban J connectivity index is 2.29. The Morgan fingerprint density at radius 3 is 2.84 bits per heavy atom. The van der Waals surface area contributed by atoms with Gasteiger partial charge in [0.15, 0.2) is 0 Å². The molecule has 1 aromatic rings. The molecular formula is C15H21NO3. The summed E-state index contributed by atoms with van der Waals surface area (Å²) in [5.74, 6) is 0.591. The minimum atomic E-state index is -0.283. The Morgan fingerprint density at radius 2 is 2.16 bits per heavy atom. The van der Waals surface area contributed by atoms with Gasteiger partial charge in [-0.2, -0.15) is 0 Å². The van der Waals surface area contributed by atoms with E-state index in [-0.39, 0.29) is 5.97 Å². The maximum atomic E-state index is 11.1. The van der Waals surface area contributed by atoms with Crippen molar-refractivity contribution in [2.75, 3.05) is 27.3 Å². The molecule has 0 heterocycles. The maximum Gasteiger partial charge on any atom is 0.333 e. The van der Waals surface area contributed by atoms with Crippen molar-refractivity contribution in [1.29, 1.82) is 0 Å². The van der Waals surface area contributed by atoms with Gasteiger partial charge >= 0.3 is 5.97 Å². The van der Waals surface area contributed by atoms with Gasteiger partial charge in [0, 0.05) is 12.1 Å². The molecular weight excluding hydrogens is 242 g/mol. The van der Waals surface area contributed by atoms with E-state index in [9.17, 15) is 4.79 Å². The Bertz CT molecular complexity index is 441. The largest absolute Gasteiger partial charge is 0.497 e. The van der Waals surface area contributed by atoms with Gasteiger partial charge in [0.2, 0.25) is 0 Å². The van der Waals surface area contributed by atoms with E-state index < -0.39 is 0 Å². The summed E-state index contributed by atoms with van der Waals surface area (Å²) in [6.45, 7) is 3.25. The average Bonchev–Trinajstić information content (AvgIpc) is 2.46. The molecule has 1 aromatic carbocycles. The Labute approximate surface area is 114 Å². The molecule has 1 rings (SSSR count). The first-order chi connectivity index (χ1) is 9.17. The van der Waals surface area contributed by atoms with Gasteiger partial charge in [-0.1, -0.05) is 18.2 Å². The molecule has 1 N–H and O–H groups in total. The lowest BCUT2D eigenvalue weighted by Crippen LogP contribution is -2.18. The van der Waals surface area contributed by atoms with Crippen molar-refractivity contribution >= 4 is 5.97 Å². The van der Waals surface area contributed by atoms with Gasteiger partial charge in [-0.25, -0.2) is 4.79 Å². The molecule has 0 aliphatic carbocycles. The summed E-state index contributed by atoms with van der Waals surface area (Å²) in [7, 11) is 3.05. The zero-order valence-corrected chi connectivity index (χ0v) is 11.7. The number of hydrogen-bond donors (Lipinski definition) is 1. The van der Waals surface area contributed by atoms with Crippen molar-refractivity contribution in [1.82, 2.24) is 5.32 Å². The summed E-state index contributed by atoms with van der Waals surface area (Å²) in [5, 5.41) is 3.26. The molecule has 104 valence electrons. The third kappa shape index (κ3) is 5.57. The molecule has 0 aliphatic rings. The number of rotatable bonds is 7. The van der Waals surface area contributed by atoms with Crippen molar-refractivity contribution in [2.45, 2.75) is 13.3 Å². The molecule has 4 nitrogen and oxygen atoms in total. The van der Waals surface area contributed by atoms with Gasteiger partial charge in [-0.15, -0.1) is 0 Å². The standard InChI is InChI=1S/C15H21NO3/c1-12(15(17)19-3)7-9-16-10-8-13-5-4-6-14(11-13)18-2/h4-7,11,16H,8-10H2,1-3H3/b12-7+. The highest BCUT2D eigenvalue weighted by Gasteiger charge is 2.01. The van der Waals surface area contributed by atoms with E-state index in [4.69, 9.17) is 4.74 Å². The molecule has 0 saturated heterocycles. The molecule has 0 saturated carbocycles. The zero-order chi connectivity index (χ0) is 14.1. The summed E-state index contributed by atoms with van der Waals surface area (Å²) in [5.41, 5.74) is 1.84. The first kappa shape index (κ1) is 15.2. The summed E-state index contributed by atoms with van der Waals surface area (Å²) in [6.07, 6.45) is 2.75. The molecule has 0 aromatic heterocycles. The highest BCUT2D eigenvalue weighted by molar-refractivity contribution is 5.87. The van der Waals surface area contributed by atoms with Crippen LogP contribution in [0.4, 0.5) is 0 Å². The molecule has 19 heavy (non-hydrogen) atoms. The number of carbonyl (C=O) groups excluding carboxylic acids is 1. The lowest BCUT2D eigenvalue weighted by atomic mass is 10.1. The highest BCUT2D eigenvalue weighted by atomic mass is 16.5. The number of esters is 1. The first-order valence-corrected chi connectivity index (χ1v) is 6.26. The zero-order valence-electron chi connectivity index (χ0n) is 11.7. The van der Waals surface area contributed by atoms with Crippen molar-refractivity contribution in [2.24, 2.45) is 0 Å². The molecule has 0 atom stereocenters. The summed E-state index contributed by atoms with van der Waals surface area (Å²) in [6, 6.07) is 8.01.